The van der Waals surface area contributed by atoms with Crippen molar-refractivity contribution in [3.8, 4) is 5.75 Å². The summed E-state index contributed by atoms with van der Waals surface area (Å²) in [5, 5.41) is 15.5. The smallest absolute Gasteiger partial charge is 0.205 e. The second-order valence-corrected chi connectivity index (χ2v) is 5.77. The van der Waals surface area contributed by atoms with Crippen molar-refractivity contribution in [3.63, 3.8) is 0 Å². The fraction of sp³-hybridized carbons (Fsp3) is 0.250. The van der Waals surface area contributed by atoms with Crippen LogP contribution in [-0.4, -0.2) is 23.9 Å². The van der Waals surface area contributed by atoms with E-state index in [2.05, 4.69) is 39.8 Å². The number of hydrogen-bond acceptors (Lipinski definition) is 5. The summed E-state index contributed by atoms with van der Waals surface area (Å²) >= 11 is 1.59. The lowest BCUT2D eigenvalue weighted by atomic mass is 10.1. The largest absolute Gasteiger partial charge is 0.494 e. The van der Waals surface area contributed by atoms with Crippen LogP contribution in [0.5, 0.6) is 5.75 Å². The summed E-state index contributed by atoms with van der Waals surface area (Å²) in [7, 11) is 1.85. The molecule has 0 saturated heterocycles. The van der Waals surface area contributed by atoms with Crippen molar-refractivity contribution >= 4 is 27.2 Å². The zero-order valence-corrected chi connectivity index (χ0v) is 12.7. The number of rotatable bonds is 6. The van der Waals surface area contributed by atoms with Gasteiger partial charge in [0.15, 0.2) is 0 Å². The van der Waals surface area contributed by atoms with Gasteiger partial charge in [-0.3, -0.25) is 0 Å². The van der Waals surface area contributed by atoms with Gasteiger partial charge >= 0.3 is 0 Å². The fourth-order valence-corrected chi connectivity index (χ4v) is 2.86. The van der Waals surface area contributed by atoms with Crippen LogP contribution < -0.4 is 10.1 Å². The summed E-state index contributed by atoms with van der Waals surface area (Å²) < 4.78 is 5.81. The first-order valence-electron chi connectivity index (χ1n) is 6.97. The van der Waals surface area contributed by atoms with E-state index >= 15 is 0 Å². The minimum absolute atomic E-state index is 0.687. The van der Waals surface area contributed by atoms with E-state index in [9.17, 15) is 0 Å². The number of fused-ring (bicyclic) bond motifs is 1. The quantitative estimate of drug-likeness (QED) is 0.704. The topological polar surface area (TPSA) is 47.0 Å². The molecule has 0 amide bonds. The van der Waals surface area contributed by atoms with Crippen LogP contribution in [0.25, 0.3) is 10.8 Å². The Morgan fingerprint density at radius 2 is 1.95 bits per heavy atom. The molecule has 3 aromatic rings. The Morgan fingerprint density at radius 3 is 2.76 bits per heavy atom. The van der Waals surface area contributed by atoms with Gasteiger partial charge in [0.05, 0.1) is 6.61 Å². The van der Waals surface area contributed by atoms with Crippen LogP contribution in [-0.2, 0) is 6.42 Å². The highest BCUT2D eigenvalue weighted by Gasteiger charge is 2.02. The summed E-state index contributed by atoms with van der Waals surface area (Å²) in [6.07, 6.45) is 1.83. The molecule has 2 aromatic carbocycles. The Hall–Kier alpha value is -2.14. The van der Waals surface area contributed by atoms with Gasteiger partial charge in [-0.1, -0.05) is 41.7 Å². The first-order chi connectivity index (χ1) is 10.3. The van der Waals surface area contributed by atoms with Crippen LogP contribution in [0.1, 0.15) is 11.4 Å². The van der Waals surface area contributed by atoms with E-state index in [0.717, 1.165) is 28.7 Å². The lowest BCUT2D eigenvalue weighted by Crippen LogP contribution is -1.99. The van der Waals surface area contributed by atoms with Crippen LogP contribution in [0.4, 0.5) is 5.13 Å². The molecule has 0 unspecified atom stereocenters. The highest BCUT2D eigenvalue weighted by Crippen LogP contribution is 2.21. The van der Waals surface area contributed by atoms with Gasteiger partial charge in [0.1, 0.15) is 10.8 Å². The SMILES string of the molecule is CNc1nnc(CCCOc2ccc3ccccc3c2)s1. The van der Waals surface area contributed by atoms with Gasteiger partial charge < -0.3 is 10.1 Å². The summed E-state index contributed by atoms with van der Waals surface area (Å²) in [6.45, 7) is 0.687. The van der Waals surface area contributed by atoms with Gasteiger partial charge in [0.2, 0.25) is 5.13 Å². The van der Waals surface area contributed by atoms with Crippen LogP contribution in [0.15, 0.2) is 42.5 Å². The molecule has 3 rings (SSSR count). The fourth-order valence-electron chi connectivity index (χ4n) is 2.13. The maximum atomic E-state index is 5.81. The first-order valence-corrected chi connectivity index (χ1v) is 7.78. The lowest BCUT2D eigenvalue weighted by molar-refractivity contribution is 0.311. The summed E-state index contributed by atoms with van der Waals surface area (Å²) in [5.41, 5.74) is 0. The maximum Gasteiger partial charge on any atom is 0.205 e. The van der Waals surface area contributed by atoms with Crippen molar-refractivity contribution < 1.29 is 4.74 Å². The second-order valence-electron chi connectivity index (χ2n) is 4.71. The Balaban J connectivity index is 1.52. The Bertz CT molecular complexity index is 726. The third-order valence-corrected chi connectivity index (χ3v) is 4.21. The normalized spacial score (nSPS) is 10.7. The zero-order valence-electron chi connectivity index (χ0n) is 11.9. The average molecular weight is 299 g/mol. The Morgan fingerprint density at radius 1 is 1.10 bits per heavy atom. The molecule has 0 aliphatic rings. The van der Waals surface area contributed by atoms with Gasteiger partial charge in [-0.15, -0.1) is 10.2 Å². The molecule has 0 spiro atoms. The van der Waals surface area contributed by atoms with Gasteiger partial charge in [-0.25, -0.2) is 0 Å². The molecule has 1 aromatic heterocycles. The van der Waals surface area contributed by atoms with Gasteiger partial charge in [0.25, 0.3) is 0 Å². The first kappa shape index (κ1) is 13.8. The van der Waals surface area contributed by atoms with Gasteiger partial charge in [-0.2, -0.15) is 0 Å². The van der Waals surface area contributed by atoms with Crippen LogP contribution >= 0.6 is 11.3 Å². The van der Waals surface area contributed by atoms with Crippen molar-refractivity contribution in [2.24, 2.45) is 0 Å². The predicted molar refractivity (Wildman–Crippen MR) is 87.2 cm³/mol. The van der Waals surface area contributed by atoms with Crippen molar-refractivity contribution in [1.82, 2.24) is 10.2 Å². The molecule has 0 radical (unpaired) electrons. The van der Waals surface area contributed by atoms with Crippen LogP contribution in [0.3, 0.4) is 0 Å². The summed E-state index contributed by atoms with van der Waals surface area (Å²) in [6, 6.07) is 14.5. The van der Waals surface area contributed by atoms with Crippen LogP contribution in [0, 0.1) is 0 Å². The summed E-state index contributed by atoms with van der Waals surface area (Å²) in [5.74, 6) is 0.918. The number of nitrogens with one attached hydrogen (secondary N) is 1. The maximum absolute atomic E-state index is 5.81. The minimum Gasteiger partial charge on any atom is -0.494 e. The molecule has 1 heterocycles. The number of nitrogens with zero attached hydrogens (tertiary/aromatic N) is 2. The van der Waals surface area contributed by atoms with E-state index in [4.69, 9.17) is 4.74 Å². The molecule has 108 valence electrons. The predicted octanol–water partition coefficient (Wildman–Crippen LogP) is 3.74. The van der Waals surface area contributed by atoms with E-state index in [1.807, 2.05) is 25.2 Å². The molecule has 21 heavy (non-hydrogen) atoms. The molecular weight excluding hydrogens is 282 g/mol. The zero-order chi connectivity index (χ0) is 14.5. The molecule has 4 nitrogen and oxygen atoms in total. The molecule has 1 N–H and O–H groups in total. The van der Waals surface area contributed by atoms with Crippen molar-refractivity contribution in [2.45, 2.75) is 12.8 Å². The Labute approximate surface area is 127 Å². The third-order valence-electron chi connectivity index (χ3n) is 3.21. The van der Waals surface area contributed by atoms with E-state index < -0.39 is 0 Å². The highest BCUT2D eigenvalue weighted by molar-refractivity contribution is 7.15. The minimum atomic E-state index is 0.687. The number of hydrogen-bond donors (Lipinski definition) is 1. The number of aromatic nitrogens is 2. The second kappa shape index (κ2) is 6.54. The van der Waals surface area contributed by atoms with Crippen LogP contribution in [0.2, 0.25) is 0 Å². The monoisotopic (exact) mass is 299 g/mol. The number of anilines is 1. The molecular formula is C16H17N3OS. The van der Waals surface area contributed by atoms with Crippen molar-refractivity contribution in [1.29, 1.82) is 0 Å². The third kappa shape index (κ3) is 3.49. The van der Waals surface area contributed by atoms with Crippen molar-refractivity contribution in [2.75, 3.05) is 19.0 Å². The molecule has 5 heteroatoms. The molecule has 0 aliphatic carbocycles. The molecule has 0 aliphatic heterocycles. The van der Waals surface area contributed by atoms with E-state index in [0.29, 0.717) is 6.61 Å². The number of ether oxygens (including phenoxy) is 1. The number of aryl methyl sites for hydroxylation is 1. The summed E-state index contributed by atoms with van der Waals surface area (Å²) in [4.78, 5) is 0. The van der Waals surface area contributed by atoms with E-state index in [1.54, 1.807) is 11.3 Å². The van der Waals surface area contributed by atoms with E-state index in [-0.39, 0.29) is 0 Å². The lowest BCUT2D eigenvalue weighted by Gasteiger charge is -2.06. The highest BCUT2D eigenvalue weighted by atomic mass is 32.1. The molecule has 0 bridgehead atoms. The standard InChI is InChI=1S/C16H17N3OS/c1-17-16-19-18-15(21-16)7-4-10-20-14-9-8-12-5-2-3-6-13(12)11-14/h2-3,5-6,8-9,11H,4,7,10H2,1H3,(H,17,19). The van der Waals surface area contributed by atoms with Crippen molar-refractivity contribution in [3.05, 3.63) is 47.5 Å². The van der Waals surface area contributed by atoms with E-state index in [1.165, 1.54) is 10.8 Å². The Kier molecular flexibility index (Phi) is 4.31. The average Bonchev–Trinajstić information content (AvgIpc) is 2.99. The molecule has 0 saturated carbocycles. The molecule has 0 atom stereocenters. The number of benzene rings is 2. The molecule has 0 fully saturated rings. The van der Waals surface area contributed by atoms with Gasteiger partial charge in [0, 0.05) is 13.5 Å². The van der Waals surface area contributed by atoms with Gasteiger partial charge in [-0.05, 0) is 29.3 Å².